The zero-order chi connectivity index (χ0) is 23.7. The van der Waals surface area contributed by atoms with Crippen molar-refractivity contribution in [2.75, 3.05) is 5.32 Å². The van der Waals surface area contributed by atoms with E-state index in [1.165, 1.54) is 0 Å². The summed E-state index contributed by atoms with van der Waals surface area (Å²) in [6.45, 7) is 6.68. The third-order valence-corrected chi connectivity index (χ3v) is 5.67. The quantitative estimate of drug-likeness (QED) is 0.397. The molecule has 5 rings (SSSR count). The number of fused-ring (bicyclic) bond motifs is 1. The molecule has 1 amide bonds. The fraction of sp³-hybridized carbons (Fsp3) is 0.192. The normalized spacial score (nSPS) is 11.3. The average molecular weight is 452 g/mol. The van der Waals surface area contributed by atoms with Gasteiger partial charge in [-0.25, -0.2) is 19.3 Å². The third kappa shape index (κ3) is 4.17. The van der Waals surface area contributed by atoms with Crippen LogP contribution in [0, 0.1) is 6.92 Å². The Hall–Kier alpha value is -4.33. The van der Waals surface area contributed by atoms with E-state index in [2.05, 4.69) is 20.5 Å². The largest absolute Gasteiger partial charge is 0.289 e. The molecule has 170 valence electrons. The number of nitrogens with one attached hydrogen (secondary N) is 1. The number of hydrogen-bond donors (Lipinski definition) is 1. The molecule has 0 aliphatic rings. The van der Waals surface area contributed by atoms with Crippen LogP contribution in [0.4, 0.5) is 5.95 Å². The number of benzene rings is 2. The fourth-order valence-electron chi connectivity index (χ4n) is 3.95. The van der Waals surface area contributed by atoms with E-state index in [0.717, 1.165) is 22.4 Å². The predicted molar refractivity (Wildman–Crippen MR) is 132 cm³/mol. The van der Waals surface area contributed by atoms with Gasteiger partial charge in [0, 0.05) is 11.6 Å². The second-order valence-electron chi connectivity index (χ2n) is 8.50. The molecule has 2 aromatic carbocycles. The second-order valence-corrected chi connectivity index (χ2v) is 8.50. The Labute approximate surface area is 197 Å². The standard InChI is InChI=1S/C26H25N7O/c1-17(2)33-24-22(14-28-33)21(13-23(29-24)20-12-8-7-9-18(20)3)25(34)30-26-27-16-32(31-26)15-19-10-5-4-6-11-19/h4-14,16-17H,15H2,1-3H3,(H,30,31,34). The van der Waals surface area contributed by atoms with Gasteiger partial charge in [-0.15, -0.1) is 5.10 Å². The maximum atomic E-state index is 13.4. The second kappa shape index (κ2) is 8.90. The predicted octanol–water partition coefficient (Wildman–Crippen LogP) is 4.88. The molecule has 34 heavy (non-hydrogen) atoms. The summed E-state index contributed by atoms with van der Waals surface area (Å²) in [6, 6.07) is 19.9. The van der Waals surface area contributed by atoms with E-state index in [1.807, 2.05) is 86.1 Å². The topological polar surface area (TPSA) is 90.5 Å². The van der Waals surface area contributed by atoms with Crippen LogP contribution in [0.2, 0.25) is 0 Å². The van der Waals surface area contributed by atoms with Gasteiger partial charge in [-0.05, 0) is 38.0 Å². The Morgan fingerprint density at radius 3 is 2.59 bits per heavy atom. The van der Waals surface area contributed by atoms with Gasteiger partial charge in [0.1, 0.15) is 6.33 Å². The summed E-state index contributed by atoms with van der Waals surface area (Å²) in [6.07, 6.45) is 3.31. The summed E-state index contributed by atoms with van der Waals surface area (Å²) in [5.74, 6) is -0.0532. The molecule has 8 nitrogen and oxygen atoms in total. The van der Waals surface area contributed by atoms with E-state index >= 15 is 0 Å². The first-order valence-corrected chi connectivity index (χ1v) is 11.2. The van der Waals surface area contributed by atoms with Crippen molar-refractivity contribution in [2.24, 2.45) is 0 Å². The maximum Gasteiger partial charge on any atom is 0.258 e. The van der Waals surface area contributed by atoms with Crippen LogP contribution in [0.15, 0.2) is 73.2 Å². The van der Waals surface area contributed by atoms with Gasteiger partial charge in [0.25, 0.3) is 5.91 Å². The van der Waals surface area contributed by atoms with Crippen LogP contribution in [-0.2, 0) is 6.54 Å². The van der Waals surface area contributed by atoms with E-state index in [-0.39, 0.29) is 17.9 Å². The van der Waals surface area contributed by atoms with Crippen molar-refractivity contribution in [2.45, 2.75) is 33.4 Å². The Morgan fingerprint density at radius 1 is 1.06 bits per heavy atom. The first kappa shape index (κ1) is 21.5. The highest BCUT2D eigenvalue weighted by atomic mass is 16.1. The van der Waals surface area contributed by atoms with Crippen molar-refractivity contribution in [3.63, 3.8) is 0 Å². The van der Waals surface area contributed by atoms with Crippen molar-refractivity contribution < 1.29 is 4.79 Å². The SMILES string of the molecule is Cc1ccccc1-c1cc(C(=O)Nc2ncn(Cc3ccccc3)n2)c2cnn(C(C)C)c2n1. The lowest BCUT2D eigenvalue weighted by atomic mass is 10.0. The van der Waals surface area contributed by atoms with Crippen LogP contribution in [0.25, 0.3) is 22.3 Å². The highest BCUT2D eigenvalue weighted by molar-refractivity contribution is 6.12. The number of amides is 1. The van der Waals surface area contributed by atoms with Crippen molar-refractivity contribution in [1.29, 1.82) is 0 Å². The fourth-order valence-corrected chi connectivity index (χ4v) is 3.95. The molecule has 5 aromatic rings. The zero-order valence-corrected chi connectivity index (χ0v) is 19.3. The summed E-state index contributed by atoms with van der Waals surface area (Å²) in [5, 5.41) is 12.4. The highest BCUT2D eigenvalue weighted by Crippen LogP contribution is 2.28. The molecule has 0 bridgehead atoms. The molecule has 3 aromatic heterocycles. The molecule has 0 atom stereocenters. The molecular formula is C26H25N7O. The lowest BCUT2D eigenvalue weighted by molar-refractivity contribution is 0.102. The molecule has 0 aliphatic heterocycles. The van der Waals surface area contributed by atoms with E-state index in [9.17, 15) is 4.79 Å². The van der Waals surface area contributed by atoms with Gasteiger partial charge in [-0.3, -0.25) is 10.1 Å². The number of carbonyl (C=O) groups excluding carboxylic acids is 1. The molecule has 1 N–H and O–H groups in total. The molecule has 0 radical (unpaired) electrons. The zero-order valence-electron chi connectivity index (χ0n) is 19.3. The lowest BCUT2D eigenvalue weighted by Crippen LogP contribution is -2.15. The van der Waals surface area contributed by atoms with E-state index in [0.29, 0.717) is 23.1 Å². The Kier molecular flexibility index (Phi) is 5.63. The minimum Gasteiger partial charge on any atom is -0.289 e. The van der Waals surface area contributed by atoms with Crippen molar-refractivity contribution >= 4 is 22.9 Å². The summed E-state index contributed by atoms with van der Waals surface area (Å²) in [4.78, 5) is 22.5. The van der Waals surface area contributed by atoms with Crippen LogP contribution in [0.5, 0.6) is 0 Å². The maximum absolute atomic E-state index is 13.4. The van der Waals surface area contributed by atoms with Crippen LogP contribution in [-0.4, -0.2) is 35.4 Å². The van der Waals surface area contributed by atoms with E-state index < -0.39 is 0 Å². The number of pyridine rings is 1. The van der Waals surface area contributed by atoms with Gasteiger partial charge < -0.3 is 0 Å². The molecule has 0 aliphatic carbocycles. The lowest BCUT2D eigenvalue weighted by Gasteiger charge is -2.11. The van der Waals surface area contributed by atoms with Gasteiger partial charge >= 0.3 is 0 Å². The summed E-state index contributed by atoms with van der Waals surface area (Å²) in [5.41, 5.74) is 5.03. The minimum absolute atomic E-state index is 0.100. The monoisotopic (exact) mass is 451 g/mol. The molecule has 8 heteroatoms. The van der Waals surface area contributed by atoms with E-state index in [4.69, 9.17) is 4.98 Å². The minimum atomic E-state index is -0.303. The number of anilines is 1. The molecule has 0 saturated heterocycles. The first-order chi connectivity index (χ1) is 16.5. The Bertz CT molecular complexity index is 1470. The van der Waals surface area contributed by atoms with Crippen LogP contribution >= 0.6 is 0 Å². The van der Waals surface area contributed by atoms with E-state index in [1.54, 1.807) is 17.2 Å². The first-order valence-electron chi connectivity index (χ1n) is 11.2. The summed E-state index contributed by atoms with van der Waals surface area (Å²) >= 11 is 0. The Balaban J connectivity index is 1.50. The van der Waals surface area contributed by atoms with Crippen molar-refractivity contribution in [3.8, 4) is 11.3 Å². The molecule has 0 unspecified atom stereocenters. The van der Waals surface area contributed by atoms with Gasteiger partial charge in [0.05, 0.1) is 29.4 Å². The van der Waals surface area contributed by atoms with Crippen molar-refractivity contribution in [3.05, 3.63) is 89.9 Å². The number of aryl methyl sites for hydroxylation is 1. The summed E-state index contributed by atoms with van der Waals surface area (Å²) < 4.78 is 3.53. The number of nitrogens with zero attached hydrogens (tertiary/aromatic N) is 6. The van der Waals surface area contributed by atoms with Crippen LogP contribution < -0.4 is 5.32 Å². The number of hydrogen-bond acceptors (Lipinski definition) is 5. The van der Waals surface area contributed by atoms with Crippen molar-refractivity contribution in [1.82, 2.24) is 29.5 Å². The highest BCUT2D eigenvalue weighted by Gasteiger charge is 2.20. The molecule has 0 saturated carbocycles. The van der Waals surface area contributed by atoms with Gasteiger partial charge in [-0.1, -0.05) is 54.6 Å². The van der Waals surface area contributed by atoms with Gasteiger partial charge in [-0.2, -0.15) is 5.10 Å². The summed E-state index contributed by atoms with van der Waals surface area (Å²) in [7, 11) is 0. The number of rotatable bonds is 6. The number of carbonyl (C=O) groups is 1. The third-order valence-electron chi connectivity index (χ3n) is 5.67. The smallest absolute Gasteiger partial charge is 0.258 e. The average Bonchev–Trinajstić information content (AvgIpc) is 3.46. The molecule has 0 fully saturated rings. The molecular weight excluding hydrogens is 426 g/mol. The molecule has 3 heterocycles. The van der Waals surface area contributed by atoms with Gasteiger partial charge in [0.15, 0.2) is 5.65 Å². The van der Waals surface area contributed by atoms with Gasteiger partial charge in [0.2, 0.25) is 5.95 Å². The molecule has 0 spiro atoms. The Morgan fingerprint density at radius 2 is 1.82 bits per heavy atom. The van der Waals surface area contributed by atoms with Crippen LogP contribution in [0.3, 0.4) is 0 Å². The van der Waals surface area contributed by atoms with Crippen LogP contribution in [0.1, 0.15) is 41.4 Å². The number of aromatic nitrogens is 6.